The van der Waals surface area contributed by atoms with Crippen molar-refractivity contribution in [3.63, 3.8) is 0 Å². The number of hydrogen-bond acceptors (Lipinski definition) is 2. The Morgan fingerprint density at radius 1 is 1.19 bits per heavy atom. The lowest BCUT2D eigenvalue weighted by Gasteiger charge is -2.11. The van der Waals surface area contributed by atoms with Crippen molar-refractivity contribution in [3.05, 3.63) is 48.6 Å². The smallest absolute Gasteiger partial charge is 0.0634 e. The van der Waals surface area contributed by atoms with Crippen LogP contribution < -0.4 is 4.90 Å². The summed E-state index contributed by atoms with van der Waals surface area (Å²) in [5.41, 5.74) is 3.27. The SMILES string of the molecule is CN(C)c1ccc(N=C2C=C[C]=CC2)cc1. The summed E-state index contributed by atoms with van der Waals surface area (Å²) in [5.74, 6) is 0. The first kappa shape index (κ1) is 10.7. The van der Waals surface area contributed by atoms with Gasteiger partial charge in [-0.15, -0.1) is 0 Å². The molecule has 0 aromatic heterocycles. The van der Waals surface area contributed by atoms with Gasteiger partial charge >= 0.3 is 0 Å². The zero-order chi connectivity index (χ0) is 11.4. The molecule has 0 amide bonds. The van der Waals surface area contributed by atoms with E-state index < -0.39 is 0 Å². The second-order valence-electron chi connectivity index (χ2n) is 3.92. The van der Waals surface area contributed by atoms with Crippen molar-refractivity contribution in [3.8, 4) is 0 Å². The van der Waals surface area contributed by atoms with E-state index in [0.717, 1.165) is 17.8 Å². The fourth-order valence-electron chi connectivity index (χ4n) is 1.52. The van der Waals surface area contributed by atoms with Crippen LogP contribution in [-0.2, 0) is 0 Å². The Hall–Kier alpha value is -1.83. The molecule has 0 unspecified atom stereocenters. The van der Waals surface area contributed by atoms with Gasteiger partial charge in [0.25, 0.3) is 0 Å². The quantitative estimate of drug-likeness (QED) is 0.733. The van der Waals surface area contributed by atoms with E-state index >= 15 is 0 Å². The Bertz CT molecular complexity index is 436. The summed E-state index contributed by atoms with van der Waals surface area (Å²) in [4.78, 5) is 6.64. The number of aliphatic imine (C=N–C) groups is 1. The molecule has 1 aliphatic rings. The average molecular weight is 211 g/mol. The van der Waals surface area contributed by atoms with Gasteiger partial charge in [-0.05, 0) is 36.4 Å². The first-order valence-electron chi connectivity index (χ1n) is 5.35. The summed E-state index contributed by atoms with van der Waals surface area (Å²) >= 11 is 0. The lowest BCUT2D eigenvalue weighted by molar-refractivity contribution is 1.13. The van der Waals surface area contributed by atoms with Crippen molar-refractivity contribution >= 4 is 17.1 Å². The van der Waals surface area contributed by atoms with Crippen molar-refractivity contribution in [1.29, 1.82) is 0 Å². The van der Waals surface area contributed by atoms with Gasteiger partial charge in [0.2, 0.25) is 0 Å². The molecule has 2 heteroatoms. The van der Waals surface area contributed by atoms with Crippen molar-refractivity contribution in [2.45, 2.75) is 6.42 Å². The van der Waals surface area contributed by atoms with Crippen LogP contribution in [0.1, 0.15) is 6.42 Å². The first-order valence-corrected chi connectivity index (χ1v) is 5.35. The lowest BCUT2D eigenvalue weighted by atomic mass is 10.1. The highest BCUT2D eigenvalue weighted by Gasteiger charge is 1.98. The van der Waals surface area contributed by atoms with Gasteiger partial charge in [0, 0.05) is 31.9 Å². The summed E-state index contributed by atoms with van der Waals surface area (Å²) in [5, 5.41) is 0. The molecule has 1 aromatic rings. The maximum Gasteiger partial charge on any atom is 0.0634 e. The monoisotopic (exact) mass is 211 g/mol. The van der Waals surface area contributed by atoms with E-state index in [4.69, 9.17) is 0 Å². The maximum absolute atomic E-state index is 4.56. The molecule has 0 saturated heterocycles. The van der Waals surface area contributed by atoms with Crippen molar-refractivity contribution in [2.24, 2.45) is 4.99 Å². The Balaban J connectivity index is 2.16. The van der Waals surface area contributed by atoms with Crippen molar-refractivity contribution in [2.75, 3.05) is 19.0 Å². The van der Waals surface area contributed by atoms with E-state index in [1.165, 1.54) is 5.69 Å². The minimum absolute atomic E-state index is 0.867. The number of allylic oxidation sites excluding steroid dienone is 4. The molecule has 1 radical (unpaired) electrons. The van der Waals surface area contributed by atoms with E-state index in [1.807, 2.05) is 44.5 Å². The standard InChI is InChI=1S/C14H15N2/c1-16(2)14-10-8-13(9-11-14)15-12-6-4-3-5-7-12/h4-6,8-11H,7H2,1-2H3. The van der Waals surface area contributed by atoms with Crippen LogP contribution in [0.5, 0.6) is 0 Å². The Morgan fingerprint density at radius 3 is 2.50 bits per heavy atom. The Morgan fingerprint density at radius 2 is 1.94 bits per heavy atom. The third kappa shape index (κ3) is 2.60. The van der Waals surface area contributed by atoms with Gasteiger partial charge in [0.1, 0.15) is 0 Å². The zero-order valence-corrected chi connectivity index (χ0v) is 9.64. The molecule has 0 fully saturated rings. The van der Waals surface area contributed by atoms with E-state index in [0.29, 0.717) is 0 Å². The lowest BCUT2D eigenvalue weighted by Crippen LogP contribution is -2.07. The highest BCUT2D eigenvalue weighted by atomic mass is 15.1. The molecule has 16 heavy (non-hydrogen) atoms. The van der Waals surface area contributed by atoms with Crippen LogP contribution >= 0.6 is 0 Å². The van der Waals surface area contributed by atoms with E-state index in [2.05, 4.69) is 28.1 Å². The molecule has 1 aliphatic carbocycles. The summed E-state index contributed by atoms with van der Waals surface area (Å²) in [6, 6.07) is 8.23. The predicted octanol–water partition coefficient (Wildman–Crippen LogP) is 3.14. The first-order chi connectivity index (χ1) is 7.75. The van der Waals surface area contributed by atoms with Gasteiger partial charge in [-0.1, -0.05) is 12.2 Å². The number of anilines is 1. The highest BCUT2D eigenvalue weighted by Crippen LogP contribution is 2.19. The number of rotatable bonds is 2. The molecule has 0 heterocycles. The zero-order valence-electron chi connectivity index (χ0n) is 9.64. The van der Waals surface area contributed by atoms with Gasteiger partial charge in [-0.2, -0.15) is 0 Å². The predicted molar refractivity (Wildman–Crippen MR) is 69.4 cm³/mol. The topological polar surface area (TPSA) is 15.6 Å². The van der Waals surface area contributed by atoms with Crippen LogP contribution in [0.4, 0.5) is 11.4 Å². The summed E-state index contributed by atoms with van der Waals surface area (Å²) in [6.07, 6.45) is 9.79. The van der Waals surface area contributed by atoms with Gasteiger partial charge in [0.15, 0.2) is 0 Å². The fourth-order valence-corrected chi connectivity index (χ4v) is 1.52. The number of nitrogens with zero attached hydrogens (tertiary/aromatic N) is 2. The van der Waals surface area contributed by atoms with Crippen LogP contribution in [-0.4, -0.2) is 19.8 Å². The molecule has 1 aromatic carbocycles. The Kier molecular flexibility index (Phi) is 3.20. The molecule has 2 nitrogen and oxygen atoms in total. The van der Waals surface area contributed by atoms with Crippen molar-refractivity contribution in [1.82, 2.24) is 0 Å². The molecule has 0 aliphatic heterocycles. The normalized spacial score (nSPS) is 16.8. The molecule has 0 spiro atoms. The molecular weight excluding hydrogens is 196 g/mol. The molecule has 81 valence electrons. The maximum atomic E-state index is 4.56. The van der Waals surface area contributed by atoms with Gasteiger partial charge in [0.05, 0.1) is 5.69 Å². The van der Waals surface area contributed by atoms with Crippen LogP contribution in [0.25, 0.3) is 0 Å². The number of hydrogen-bond donors (Lipinski definition) is 0. The summed E-state index contributed by atoms with van der Waals surface area (Å²) in [7, 11) is 4.07. The van der Waals surface area contributed by atoms with Crippen LogP contribution in [0.3, 0.4) is 0 Å². The average Bonchev–Trinajstić information content (AvgIpc) is 2.31. The second-order valence-corrected chi connectivity index (χ2v) is 3.92. The Labute approximate surface area is 96.6 Å². The minimum atomic E-state index is 0.867. The van der Waals surface area contributed by atoms with Gasteiger partial charge in [-0.25, -0.2) is 0 Å². The van der Waals surface area contributed by atoms with E-state index in [-0.39, 0.29) is 0 Å². The molecule has 0 N–H and O–H groups in total. The third-order valence-electron chi connectivity index (χ3n) is 2.44. The molecule has 0 bridgehead atoms. The second kappa shape index (κ2) is 4.79. The molecule has 2 rings (SSSR count). The number of benzene rings is 1. The highest BCUT2D eigenvalue weighted by molar-refractivity contribution is 5.98. The van der Waals surface area contributed by atoms with Crippen LogP contribution in [0.2, 0.25) is 0 Å². The van der Waals surface area contributed by atoms with Crippen LogP contribution in [0.15, 0.2) is 47.5 Å². The minimum Gasteiger partial charge on any atom is -0.378 e. The largest absolute Gasteiger partial charge is 0.378 e. The van der Waals surface area contributed by atoms with E-state index in [1.54, 1.807) is 0 Å². The van der Waals surface area contributed by atoms with Gasteiger partial charge < -0.3 is 4.90 Å². The molecule has 0 saturated carbocycles. The van der Waals surface area contributed by atoms with Crippen molar-refractivity contribution < 1.29 is 0 Å². The summed E-state index contributed by atoms with van der Waals surface area (Å²) < 4.78 is 0. The third-order valence-corrected chi connectivity index (χ3v) is 2.44. The summed E-state index contributed by atoms with van der Waals surface area (Å²) in [6.45, 7) is 0. The fraction of sp³-hybridized carbons (Fsp3) is 0.214. The van der Waals surface area contributed by atoms with Gasteiger partial charge in [-0.3, -0.25) is 4.99 Å². The molecule has 0 atom stereocenters. The molecular formula is C14H15N2. The van der Waals surface area contributed by atoms with Crippen LogP contribution in [0, 0.1) is 6.08 Å². The van der Waals surface area contributed by atoms with E-state index in [9.17, 15) is 0 Å².